The second-order valence-electron chi connectivity index (χ2n) is 6.03. The number of benzene rings is 2. The van der Waals surface area contributed by atoms with Gasteiger partial charge in [0.25, 0.3) is 5.69 Å². The van der Waals surface area contributed by atoms with E-state index in [-0.39, 0.29) is 31.1 Å². The fraction of sp³-hybridized carbons (Fsp3) is 0.350. The van der Waals surface area contributed by atoms with E-state index in [0.717, 1.165) is 0 Å². The Bertz CT molecular complexity index is 796. The van der Waals surface area contributed by atoms with Crippen LogP contribution in [0.25, 0.3) is 0 Å². The summed E-state index contributed by atoms with van der Waals surface area (Å²) in [6.45, 7) is 0.429. The van der Waals surface area contributed by atoms with Gasteiger partial charge in [0.1, 0.15) is 12.4 Å². The number of esters is 1. The summed E-state index contributed by atoms with van der Waals surface area (Å²) in [5.74, 6) is -0.221. The lowest BCUT2D eigenvalue weighted by Crippen LogP contribution is -2.21. The summed E-state index contributed by atoms with van der Waals surface area (Å²) in [4.78, 5) is 22.7. The molecule has 1 atom stereocenters. The highest BCUT2D eigenvalue weighted by Crippen LogP contribution is 2.25. The van der Waals surface area contributed by atoms with Crippen molar-refractivity contribution in [3.05, 3.63) is 69.8 Å². The van der Waals surface area contributed by atoms with Gasteiger partial charge in [-0.1, -0.05) is 18.2 Å². The molecule has 0 saturated carbocycles. The molecule has 9 heteroatoms. The van der Waals surface area contributed by atoms with Crippen LogP contribution in [0.3, 0.4) is 0 Å². The molecule has 0 aliphatic rings. The van der Waals surface area contributed by atoms with E-state index in [1.807, 2.05) is 0 Å². The highest BCUT2D eigenvalue weighted by molar-refractivity contribution is 5.89. The number of methoxy groups -OCH3 is 1. The Hall–Kier alpha value is -3.01. The summed E-state index contributed by atoms with van der Waals surface area (Å²) >= 11 is 0. The fourth-order valence-electron chi connectivity index (χ4n) is 2.45. The van der Waals surface area contributed by atoms with Crippen LogP contribution in [-0.4, -0.2) is 55.8 Å². The van der Waals surface area contributed by atoms with Crippen molar-refractivity contribution in [2.45, 2.75) is 12.5 Å². The molecule has 156 valence electrons. The third-order valence-corrected chi connectivity index (χ3v) is 3.86. The average Bonchev–Trinajstić information content (AvgIpc) is 2.72. The zero-order valence-corrected chi connectivity index (χ0v) is 16.0. The summed E-state index contributed by atoms with van der Waals surface area (Å²) < 4.78 is 20.5. The number of nitro benzene ring substituents is 1. The predicted molar refractivity (Wildman–Crippen MR) is 103 cm³/mol. The minimum Gasteiger partial charge on any atom is -0.468 e. The molecule has 0 heterocycles. The second-order valence-corrected chi connectivity index (χ2v) is 6.03. The number of nitrogens with zero attached hydrogens (tertiary/aromatic N) is 1. The number of hydrogen-bond donors (Lipinski definition) is 1. The summed E-state index contributed by atoms with van der Waals surface area (Å²) in [6, 6.07) is 12.5. The average molecular weight is 405 g/mol. The van der Waals surface area contributed by atoms with Gasteiger partial charge in [0, 0.05) is 25.2 Å². The Balaban J connectivity index is 1.94. The quantitative estimate of drug-likeness (QED) is 0.188. The molecule has 2 aromatic rings. The molecule has 1 N–H and O–H groups in total. The summed E-state index contributed by atoms with van der Waals surface area (Å²) in [5, 5.41) is 21.4. The number of nitro groups is 1. The molecule has 0 radical (unpaired) electrons. The van der Waals surface area contributed by atoms with Gasteiger partial charge in [-0.25, -0.2) is 4.79 Å². The maximum Gasteiger partial charge on any atom is 0.338 e. The van der Waals surface area contributed by atoms with Gasteiger partial charge >= 0.3 is 5.97 Å². The van der Waals surface area contributed by atoms with Crippen molar-refractivity contribution in [3.8, 4) is 5.75 Å². The van der Waals surface area contributed by atoms with E-state index in [9.17, 15) is 20.0 Å². The number of hydrogen-bond acceptors (Lipinski definition) is 8. The standard InChI is InChI=1S/C20H23NO8/c1-26-9-10-27-14-29-18-7-8-19(21(24)25)16(12-18)11-17(22)13-28-20(23)15-5-3-2-4-6-15/h2-8,12,17,22H,9-11,13-14H2,1H3/t17-/m1/s1. The van der Waals surface area contributed by atoms with Crippen molar-refractivity contribution in [2.24, 2.45) is 0 Å². The molecule has 0 aliphatic carbocycles. The molecule has 29 heavy (non-hydrogen) atoms. The molecular weight excluding hydrogens is 382 g/mol. The van der Waals surface area contributed by atoms with Crippen LogP contribution in [0.2, 0.25) is 0 Å². The Morgan fingerprint density at radius 1 is 1.17 bits per heavy atom. The first-order valence-corrected chi connectivity index (χ1v) is 8.88. The van der Waals surface area contributed by atoms with E-state index in [1.54, 1.807) is 37.4 Å². The van der Waals surface area contributed by atoms with Crippen LogP contribution < -0.4 is 4.74 Å². The summed E-state index contributed by atoms with van der Waals surface area (Å²) in [6.07, 6.45) is -1.20. The lowest BCUT2D eigenvalue weighted by atomic mass is 10.1. The molecule has 0 unspecified atom stereocenters. The largest absolute Gasteiger partial charge is 0.468 e. The monoisotopic (exact) mass is 405 g/mol. The highest BCUT2D eigenvalue weighted by Gasteiger charge is 2.19. The normalized spacial score (nSPS) is 11.7. The van der Waals surface area contributed by atoms with Gasteiger partial charge in [-0.3, -0.25) is 10.1 Å². The van der Waals surface area contributed by atoms with Crippen LogP contribution >= 0.6 is 0 Å². The molecule has 2 rings (SSSR count). The first-order valence-electron chi connectivity index (χ1n) is 8.88. The zero-order valence-electron chi connectivity index (χ0n) is 16.0. The van der Waals surface area contributed by atoms with Crippen molar-refractivity contribution < 1.29 is 33.8 Å². The Kier molecular flexibility index (Phi) is 9.03. The first kappa shape index (κ1) is 22.3. The topological polar surface area (TPSA) is 117 Å². The number of aliphatic hydroxyl groups excluding tert-OH is 1. The maximum atomic E-state index is 11.9. The van der Waals surface area contributed by atoms with Crippen molar-refractivity contribution in [2.75, 3.05) is 33.7 Å². The first-order chi connectivity index (χ1) is 14.0. The van der Waals surface area contributed by atoms with Crippen LogP contribution in [0.15, 0.2) is 48.5 Å². The third-order valence-electron chi connectivity index (χ3n) is 3.86. The zero-order chi connectivity index (χ0) is 21.1. The Labute approximate surface area is 167 Å². The van der Waals surface area contributed by atoms with Gasteiger partial charge < -0.3 is 24.1 Å². The van der Waals surface area contributed by atoms with Crippen molar-refractivity contribution in [3.63, 3.8) is 0 Å². The van der Waals surface area contributed by atoms with Crippen LogP contribution in [0, 0.1) is 10.1 Å². The molecule has 0 saturated heterocycles. The molecule has 0 bridgehead atoms. The van der Waals surface area contributed by atoms with Crippen molar-refractivity contribution in [1.82, 2.24) is 0 Å². The van der Waals surface area contributed by atoms with Crippen molar-refractivity contribution >= 4 is 11.7 Å². The number of carbonyl (C=O) groups is 1. The van der Waals surface area contributed by atoms with Gasteiger partial charge in [-0.15, -0.1) is 0 Å². The molecule has 0 aliphatic heterocycles. The third kappa shape index (κ3) is 7.49. The van der Waals surface area contributed by atoms with Gasteiger partial charge in [0.2, 0.25) is 0 Å². The molecular formula is C20H23NO8. The van der Waals surface area contributed by atoms with E-state index in [1.165, 1.54) is 18.2 Å². The lowest BCUT2D eigenvalue weighted by molar-refractivity contribution is -0.385. The SMILES string of the molecule is COCCOCOc1ccc([N+](=O)[O-])c(C[C@@H](O)COC(=O)c2ccccc2)c1. The highest BCUT2D eigenvalue weighted by atomic mass is 16.7. The van der Waals surface area contributed by atoms with Gasteiger partial charge in [0.05, 0.1) is 29.8 Å². The summed E-state index contributed by atoms with van der Waals surface area (Å²) in [5.41, 5.74) is 0.452. The van der Waals surface area contributed by atoms with E-state index >= 15 is 0 Å². The lowest BCUT2D eigenvalue weighted by Gasteiger charge is -2.13. The minimum atomic E-state index is -1.12. The van der Waals surface area contributed by atoms with Crippen molar-refractivity contribution in [1.29, 1.82) is 0 Å². The van der Waals surface area contributed by atoms with Gasteiger partial charge in [0.15, 0.2) is 6.79 Å². The van der Waals surface area contributed by atoms with E-state index in [2.05, 4.69) is 0 Å². The van der Waals surface area contributed by atoms with Gasteiger partial charge in [-0.2, -0.15) is 0 Å². The molecule has 0 spiro atoms. The van der Waals surface area contributed by atoms with Crippen LogP contribution in [0.1, 0.15) is 15.9 Å². The maximum absolute atomic E-state index is 11.9. The second kappa shape index (κ2) is 11.7. The molecule has 0 aromatic heterocycles. The van der Waals surface area contributed by atoms with E-state index < -0.39 is 17.0 Å². The predicted octanol–water partition coefficient (Wildman–Crippen LogP) is 2.35. The molecule has 2 aromatic carbocycles. The van der Waals surface area contributed by atoms with Gasteiger partial charge in [-0.05, 0) is 24.3 Å². The fourth-order valence-corrected chi connectivity index (χ4v) is 2.45. The number of ether oxygens (including phenoxy) is 4. The number of rotatable bonds is 12. The van der Waals surface area contributed by atoms with Crippen LogP contribution in [0.4, 0.5) is 5.69 Å². The van der Waals surface area contributed by atoms with Crippen LogP contribution in [0.5, 0.6) is 5.75 Å². The molecule has 0 amide bonds. The number of aliphatic hydroxyl groups is 1. The summed E-state index contributed by atoms with van der Waals surface area (Å²) in [7, 11) is 1.55. The van der Waals surface area contributed by atoms with Crippen LogP contribution in [-0.2, 0) is 20.6 Å². The smallest absolute Gasteiger partial charge is 0.338 e. The van der Waals surface area contributed by atoms with E-state index in [0.29, 0.717) is 24.5 Å². The minimum absolute atomic E-state index is 0.0438. The molecule has 9 nitrogen and oxygen atoms in total. The Morgan fingerprint density at radius 3 is 2.62 bits per heavy atom. The van der Waals surface area contributed by atoms with E-state index in [4.69, 9.17) is 18.9 Å². The number of carbonyl (C=O) groups excluding carboxylic acids is 1. The Morgan fingerprint density at radius 2 is 1.93 bits per heavy atom. The molecule has 0 fully saturated rings.